The number of amides is 1. The number of fused-ring (bicyclic) bond motifs is 1. The zero-order valence-electron chi connectivity index (χ0n) is 8.91. The summed E-state index contributed by atoms with van der Waals surface area (Å²) in [5.41, 5.74) is 0.654. The summed E-state index contributed by atoms with van der Waals surface area (Å²) in [5.74, 6) is -0.338. The largest absolute Gasteiger partial charge is 0.360 e. The Hall–Kier alpha value is -2.10. The van der Waals surface area contributed by atoms with Gasteiger partial charge in [0.15, 0.2) is 0 Å². The highest BCUT2D eigenvalue weighted by molar-refractivity contribution is 5.97. The fourth-order valence-electron chi connectivity index (χ4n) is 1.59. The van der Waals surface area contributed by atoms with Crippen LogP contribution in [0.1, 0.15) is 17.3 Å². The summed E-state index contributed by atoms with van der Waals surface area (Å²) in [4.78, 5) is 26.5. The van der Waals surface area contributed by atoms with Crippen LogP contribution < -0.4 is 10.7 Å². The van der Waals surface area contributed by atoms with Gasteiger partial charge in [0.25, 0.3) is 5.91 Å². The van der Waals surface area contributed by atoms with Crippen LogP contribution in [0.5, 0.6) is 0 Å². The number of aromatic amines is 1. The van der Waals surface area contributed by atoms with E-state index in [-0.39, 0.29) is 16.9 Å². The Labute approximate surface area is 92.3 Å². The van der Waals surface area contributed by atoms with E-state index in [2.05, 4.69) is 10.3 Å². The molecule has 0 atom stereocenters. The molecule has 0 saturated carbocycles. The standard InChI is InChI=1S/C12H12N2O2/c1-2-13-12(16)9-7-14-10-6-4-3-5-8(10)11(9)15/h3-7H,2H2,1H3,(H,13,16)(H,14,15). The molecule has 1 aromatic carbocycles. The number of aromatic nitrogens is 1. The first-order valence-corrected chi connectivity index (χ1v) is 5.12. The van der Waals surface area contributed by atoms with E-state index < -0.39 is 0 Å². The molecule has 1 aromatic heterocycles. The van der Waals surface area contributed by atoms with Crippen molar-refractivity contribution in [2.75, 3.05) is 6.54 Å². The molecule has 0 aliphatic rings. The zero-order valence-corrected chi connectivity index (χ0v) is 8.91. The van der Waals surface area contributed by atoms with Gasteiger partial charge in [0.2, 0.25) is 5.43 Å². The molecule has 0 aliphatic heterocycles. The lowest BCUT2D eigenvalue weighted by Crippen LogP contribution is -2.28. The molecule has 0 aliphatic carbocycles. The second-order valence-electron chi connectivity index (χ2n) is 3.44. The number of rotatable bonds is 2. The van der Waals surface area contributed by atoms with Crippen LogP contribution in [0, 0.1) is 0 Å². The monoisotopic (exact) mass is 216 g/mol. The third-order valence-corrected chi connectivity index (χ3v) is 2.37. The SMILES string of the molecule is CCNC(=O)c1c[nH]c2ccccc2c1=O. The molecule has 0 bridgehead atoms. The molecule has 0 unspecified atom stereocenters. The van der Waals surface area contributed by atoms with Crippen molar-refractivity contribution in [1.82, 2.24) is 10.3 Å². The van der Waals surface area contributed by atoms with E-state index in [0.717, 1.165) is 5.52 Å². The van der Waals surface area contributed by atoms with E-state index >= 15 is 0 Å². The molecule has 2 rings (SSSR count). The Kier molecular flexibility index (Phi) is 2.72. The predicted octanol–water partition coefficient (Wildman–Crippen LogP) is 1.28. The molecule has 1 heterocycles. The van der Waals surface area contributed by atoms with Crippen LogP contribution in [0.2, 0.25) is 0 Å². The highest BCUT2D eigenvalue weighted by Gasteiger charge is 2.11. The Morgan fingerprint density at radius 2 is 2.12 bits per heavy atom. The molecule has 0 saturated heterocycles. The van der Waals surface area contributed by atoms with Gasteiger partial charge in [-0.1, -0.05) is 12.1 Å². The second kappa shape index (κ2) is 4.18. The van der Waals surface area contributed by atoms with Crippen LogP contribution in [-0.4, -0.2) is 17.4 Å². The quantitative estimate of drug-likeness (QED) is 0.794. The Bertz CT molecular complexity index is 587. The highest BCUT2D eigenvalue weighted by Crippen LogP contribution is 2.06. The normalized spacial score (nSPS) is 10.3. The maximum absolute atomic E-state index is 12.0. The van der Waals surface area contributed by atoms with Gasteiger partial charge < -0.3 is 10.3 Å². The molecule has 4 nitrogen and oxygen atoms in total. The lowest BCUT2D eigenvalue weighted by molar-refractivity contribution is 0.0954. The van der Waals surface area contributed by atoms with Crippen molar-refractivity contribution >= 4 is 16.8 Å². The number of carbonyl (C=O) groups excluding carboxylic acids is 1. The molecular weight excluding hydrogens is 204 g/mol. The number of para-hydroxylation sites is 1. The van der Waals surface area contributed by atoms with Crippen LogP contribution in [0.4, 0.5) is 0 Å². The van der Waals surface area contributed by atoms with Gasteiger partial charge in [0, 0.05) is 23.6 Å². The summed E-state index contributed by atoms with van der Waals surface area (Å²) >= 11 is 0. The van der Waals surface area contributed by atoms with E-state index in [1.54, 1.807) is 18.2 Å². The highest BCUT2D eigenvalue weighted by atomic mass is 16.2. The zero-order chi connectivity index (χ0) is 11.5. The number of hydrogen-bond donors (Lipinski definition) is 2. The Morgan fingerprint density at radius 3 is 2.88 bits per heavy atom. The molecule has 16 heavy (non-hydrogen) atoms. The molecule has 0 spiro atoms. The van der Waals surface area contributed by atoms with Crippen molar-refractivity contribution in [2.24, 2.45) is 0 Å². The summed E-state index contributed by atoms with van der Waals surface area (Å²) in [6, 6.07) is 7.12. The number of carbonyl (C=O) groups is 1. The van der Waals surface area contributed by atoms with Gasteiger partial charge in [0.05, 0.1) is 0 Å². The van der Waals surface area contributed by atoms with Gasteiger partial charge in [-0.2, -0.15) is 0 Å². The first-order valence-electron chi connectivity index (χ1n) is 5.12. The third kappa shape index (κ3) is 1.69. The van der Waals surface area contributed by atoms with Crippen molar-refractivity contribution in [1.29, 1.82) is 0 Å². The summed E-state index contributed by atoms with van der Waals surface area (Å²) in [7, 11) is 0. The van der Waals surface area contributed by atoms with E-state index in [0.29, 0.717) is 11.9 Å². The summed E-state index contributed by atoms with van der Waals surface area (Å²) in [6.45, 7) is 2.32. The minimum Gasteiger partial charge on any atom is -0.360 e. The topological polar surface area (TPSA) is 62.0 Å². The fourth-order valence-corrected chi connectivity index (χ4v) is 1.59. The molecular formula is C12H12N2O2. The Balaban J connectivity index is 2.61. The number of pyridine rings is 1. The van der Waals surface area contributed by atoms with Crippen LogP contribution in [0.3, 0.4) is 0 Å². The second-order valence-corrected chi connectivity index (χ2v) is 3.44. The van der Waals surface area contributed by atoms with Gasteiger partial charge in [-0.3, -0.25) is 9.59 Å². The summed E-state index contributed by atoms with van der Waals surface area (Å²) < 4.78 is 0. The number of nitrogens with one attached hydrogen (secondary N) is 2. The van der Waals surface area contributed by atoms with Crippen molar-refractivity contribution in [2.45, 2.75) is 6.92 Å². The van der Waals surface area contributed by atoms with E-state index in [4.69, 9.17) is 0 Å². The van der Waals surface area contributed by atoms with Crippen LogP contribution in [0.15, 0.2) is 35.3 Å². The van der Waals surface area contributed by atoms with Crippen molar-refractivity contribution in [3.63, 3.8) is 0 Å². The summed E-state index contributed by atoms with van der Waals surface area (Å²) in [6.07, 6.45) is 1.45. The first-order chi connectivity index (χ1) is 7.74. The minimum atomic E-state index is -0.338. The lowest BCUT2D eigenvalue weighted by Gasteiger charge is -2.03. The number of hydrogen-bond acceptors (Lipinski definition) is 2. The fraction of sp³-hybridized carbons (Fsp3) is 0.167. The minimum absolute atomic E-state index is 0.153. The molecule has 1 amide bonds. The van der Waals surface area contributed by atoms with Crippen molar-refractivity contribution < 1.29 is 4.79 Å². The summed E-state index contributed by atoms with van der Waals surface area (Å²) in [5, 5.41) is 3.14. The van der Waals surface area contributed by atoms with E-state index in [1.165, 1.54) is 6.20 Å². The van der Waals surface area contributed by atoms with Gasteiger partial charge in [-0.15, -0.1) is 0 Å². The maximum atomic E-state index is 12.0. The van der Waals surface area contributed by atoms with Gasteiger partial charge >= 0.3 is 0 Å². The van der Waals surface area contributed by atoms with Crippen molar-refractivity contribution in [3.8, 4) is 0 Å². The molecule has 2 N–H and O–H groups in total. The lowest BCUT2D eigenvalue weighted by atomic mass is 10.1. The van der Waals surface area contributed by atoms with Crippen LogP contribution >= 0.6 is 0 Å². The molecule has 2 aromatic rings. The molecule has 0 fully saturated rings. The first kappa shape index (κ1) is 10.4. The van der Waals surface area contributed by atoms with E-state index in [1.807, 2.05) is 13.0 Å². The third-order valence-electron chi connectivity index (χ3n) is 2.37. The molecule has 0 radical (unpaired) electrons. The number of H-pyrrole nitrogens is 1. The number of benzene rings is 1. The average molecular weight is 216 g/mol. The van der Waals surface area contributed by atoms with Crippen LogP contribution in [-0.2, 0) is 0 Å². The van der Waals surface area contributed by atoms with Gasteiger partial charge in [-0.25, -0.2) is 0 Å². The smallest absolute Gasteiger partial charge is 0.256 e. The Morgan fingerprint density at radius 1 is 1.38 bits per heavy atom. The average Bonchev–Trinajstić information content (AvgIpc) is 2.30. The maximum Gasteiger partial charge on any atom is 0.256 e. The van der Waals surface area contributed by atoms with E-state index in [9.17, 15) is 9.59 Å². The molecule has 4 heteroatoms. The van der Waals surface area contributed by atoms with Gasteiger partial charge in [-0.05, 0) is 19.1 Å². The predicted molar refractivity (Wildman–Crippen MR) is 62.6 cm³/mol. The van der Waals surface area contributed by atoms with Gasteiger partial charge in [0.1, 0.15) is 5.56 Å². The van der Waals surface area contributed by atoms with Crippen LogP contribution in [0.25, 0.3) is 10.9 Å². The molecule has 82 valence electrons. The van der Waals surface area contributed by atoms with Crippen molar-refractivity contribution in [3.05, 3.63) is 46.2 Å².